The van der Waals surface area contributed by atoms with E-state index in [4.69, 9.17) is 0 Å². The van der Waals surface area contributed by atoms with Crippen molar-refractivity contribution in [2.45, 2.75) is 78.2 Å². The Hall–Kier alpha value is -3.46. The Kier molecular flexibility index (Phi) is 15.5. The molecule has 0 saturated carbocycles. The molecule has 1 unspecified atom stereocenters. The third-order valence-corrected chi connectivity index (χ3v) is 9.88. The van der Waals surface area contributed by atoms with Crippen molar-refractivity contribution < 1.29 is 0 Å². The Morgan fingerprint density at radius 3 is 1.98 bits per heavy atom. The standard InChI is InChI=1S/C31H37N.C14H23N/c1-3-12-25(2)30-19-10-13-26(22-30)21-27-14-11-20-32(23-27)24-31(28-15-6-4-7-16-28)29-17-8-5-9-18-29;1-4-13(5-2)11-15(3)12-14-9-7-6-8-10-14/h4-10,13,15-19,22,27,31H,2-3,11-12,14,20-21,23-24H2,1H3;6-10,13H,4-5,11-12H2,1-3H3. The van der Waals surface area contributed by atoms with E-state index in [0.717, 1.165) is 37.8 Å². The van der Waals surface area contributed by atoms with E-state index in [0.29, 0.717) is 5.92 Å². The first-order valence-electron chi connectivity index (χ1n) is 18.3. The summed E-state index contributed by atoms with van der Waals surface area (Å²) in [5.74, 6) is 2.00. The number of allylic oxidation sites excluding steroid dienone is 1. The first kappa shape index (κ1) is 36.4. The van der Waals surface area contributed by atoms with Gasteiger partial charge in [-0.05, 0) is 84.5 Å². The molecular formula is C45H60N2. The minimum absolute atomic E-state index is 0.428. The zero-order valence-electron chi connectivity index (χ0n) is 29.8. The maximum atomic E-state index is 4.30. The van der Waals surface area contributed by atoms with Gasteiger partial charge in [0, 0.05) is 32.1 Å². The Balaban J connectivity index is 0.000000280. The second-order valence-corrected chi connectivity index (χ2v) is 13.8. The van der Waals surface area contributed by atoms with Crippen molar-refractivity contribution in [2.24, 2.45) is 11.8 Å². The molecule has 1 fully saturated rings. The monoisotopic (exact) mass is 628 g/mol. The molecule has 5 rings (SSSR count). The van der Waals surface area contributed by atoms with Crippen LogP contribution in [0.1, 0.15) is 93.0 Å². The summed E-state index contributed by atoms with van der Waals surface area (Å²) in [4.78, 5) is 5.13. The largest absolute Gasteiger partial charge is 0.302 e. The number of hydrogen-bond donors (Lipinski definition) is 0. The lowest BCUT2D eigenvalue weighted by Gasteiger charge is -2.35. The van der Waals surface area contributed by atoms with Crippen LogP contribution >= 0.6 is 0 Å². The van der Waals surface area contributed by atoms with E-state index in [1.54, 1.807) is 0 Å². The first-order valence-corrected chi connectivity index (χ1v) is 18.3. The quantitative estimate of drug-likeness (QED) is 0.129. The van der Waals surface area contributed by atoms with E-state index in [1.807, 2.05) is 0 Å². The van der Waals surface area contributed by atoms with Crippen LogP contribution in [-0.4, -0.2) is 43.0 Å². The highest BCUT2D eigenvalue weighted by molar-refractivity contribution is 5.63. The third kappa shape index (κ3) is 12.3. The van der Waals surface area contributed by atoms with Gasteiger partial charge in [-0.2, -0.15) is 0 Å². The molecule has 1 saturated heterocycles. The van der Waals surface area contributed by atoms with Crippen LogP contribution in [0.2, 0.25) is 0 Å². The molecular weight excluding hydrogens is 569 g/mol. The van der Waals surface area contributed by atoms with Crippen LogP contribution < -0.4 is 0 Å². The van der Waals surface area contributed by atoms with Gasteiger partial charge in [-0.15, -0.1) is 0 Å². The predicted octanol–water partition coefficient (Wildman–Crippen LogP) is 11.1. The maximum Gasteiger partial charge on any atom is 0.0230 e. The van der Waals surface area contributed by atoms with Crippen LogP contribution in [0.4, 0.5) is 0 Å². The lowest BCUT2D eigenvalue weighted by Crippen LogP contribution is -2.39. The molecule has 0 amide bonds. The Bertz CT molecular complexity index is 1370. The van der Waals surface area contributed by atoms with Gasteiger partial charge < -0.3 is 9.80 Å². The molecule has 0 radical (unpaired) electrons. The summed E-state index contributed by atoms with van der Waals surface area (Å²) >= 11 is 0. The Morgan fingerprint density at radius 2 is 1.38 bits per heavy atom. The van der Waals surface area contributed by atoms with Gasteiger partial charge in [-0.25, -0.2) is 0 Å². The van der Waals surface area contributed by atoms with Crippen LogP contribution in [0.5, 0.6) is 0 Å². The fourth-order valence-corrected chi connectivity index (χ4v) is 7.16. The number of hydrogen-bond acceptors (Lipinski definition) is 2. The fraction of sp³-hybridized carbons (Fsp3) is 0.422. The van der Waals surface area contributed by atoms with Crippen LogP contribution in [-0.2, 0) is 13.0 Å². The van der Waals surface area contributed by atoms with Crippen molar-refractivity contribution in [3.63, 3.8) is 0 Å². The molecule has 1 heterocycles. The lowest BCUT2D eigenvalue weighted by atomic mass is 9.87. The molecule has 4 aromatic rings. The molecule has 1 atom stereocenters. The van der Waals surface area contributed by atoms with E-state index in [1.165, 1.54) is 85.1 Å². The molecule has 250 valence electrons. The van der Waals surface area contributed by atoms with Crippen molar-refractivity contribution in [2.75, 3.05) is 33.2 Å². The normalized spacial score (nSPS) is 15.1. The van der Waals surface area contributed by atoms with Crippen molar-refractivity contribution in [3.05, 3.63) is 150 Å². The number of piperidine rings is 1. The molecule has 47 heavy (non-hydrogen) atoms. The predicted molar refractivity (Wildman–Crippen MR) is 205 cm³/mol. The van der Waals surface area contributed by atoms with Gasteiger partial charge in [0.15, 0.2) is 0 Å². The minimum atomic E-state index is 0.428. The third-order valence-electron chi connectivity index (χ3n) is 9.88. The van der Waals surface area contributed by atoms with Crippen molar-refractivity contribution in [1.29, 1.82) is 0 Å². The average Bonchev–Trinajstić information content (AvgIpc) is 3.11. The van der Waals surface area contributed by atoms with Crippen molar-refractivity contribution in [1.82, 2.24) is 9.80 Å². The highest BCUT2D eigenvalue weighted by Gasteiger charge is 2.24. The minimum Gasteiger partial charge on any atom is -0.302 e. The van der Waals surface area contributed by atoms with Gasteiger partial charge in [0.25, 0.3) is 0 Å². The highest BCUT2D eigenvalue weighted by Crippen LogP contribution is 2.29. The Morgan fingerprint density at radius 1 is 0.787 bits per heavy atom. The summed E-state index contributed by atoms with van der Waals surface area (Å²) in [7, 11) is 2.21. The van der Waals surface area contributed by atoms with Crippen molar-refractivity contribution in [3.8, 4) is 0 Å². The molecule has 0 bridgehead atoms. The topological polar surface area (TPSA) is 6.48 Å². The molecule has 2 nitrogen and oxygen atoms in total. The van der Waals surface area contributed by atoms with Gasteiger partial charge >= 0.3 is 0 Å². The van der Waals surface area contributed by atoms with Crippen LogP contribution in [0.3, 0.4) is 0 Å². The molecule has 2 heteroatoms. The molecule has 1 aliphatic heterocycles. The maximum absolute atomic E-state index is 4.30. The molecule has 4 aromatic carbocycles. The number of nitrogens with zero attached hydrogens (tertiary/aromatic N) is 2. The highest BCUT2D eigenvalue weighted by atomic mass is 15.1. The molecule has 0 aromatic heterocycles. The second-order valence-electron chi connectivity index (χ2n) is 13.8. The van der Waals surface area contributed by atoms with Gasteiger partial charge in [0.05, 0.1) is 0 Å². The number of benzene rings is 4. The van der Waals surface area contributed by atoms with E-state index in [-0.39, 0.29) is 0 Å². The van der Waals surface area contributed by atoms with Crippen LogP contribution in [0.25, 0.3) is 5.57 Å². The van der Waals surface area contributed by atoms with E-state index >= 15 is 0 Å². The summed E-state index contributed by atoms with van der Waals surface area (Å²) in [6, 6.07) is 41.9. The lowest BCUT2D eigenvalue weighted by molar-refractivity contribution is 0.170. The van der Waals surface area contributed by atoms with E-state index in [9.17, 15) is 0 Å². The zero-order chi connectivity index (χ0) is 33.3. The summed E-state index contributed by atoms with van der Waals surface area (Å²) in [5, 5.41) is 0. The molecule has 1 aliphatic rings. The fourth-order valence-electron chi connectivity index (χ4n) is 7.16. The van der Waals surface area contributed by atoms with Gasteiger partial charge in [0.1, 0.15) is 0 Å². The first-order chi connectivity index (χ1) is 23.0. The summed E-state index contributed by atoms with van der Waals surface area (Å²) in [5.41, 5.74) is 8.31. The SMILES string of the molecule is C=C(CCC)c1cccc(CC2CCCN(CC(c3ccccc3)c3ccccc3)C2)c1.CCC(CC)CN(C)Cc1ccccc1. The summed E-state index contributed by atoms with van der Waals surface area (Å²) < 4.78 is 0. The van der Waals surface area contributed by atoms with Crippen LogP contribution in [0, 0.1) is 11.8 Å². The number of likely N-dealkylation sites (tertiary alicyclic amines) is 1. The smallest absolute Gasteiger partial charge is 0.0230 e. The molecule has 0 spiro atoms. The summed E-state index contributed by atoms with van der Waals surface area (Å²) in [6.45, 7) is 16.9. The van der Waals surface area contributed by atoms with Crippen molar-refractivity contribution >= 4 is 5.57 Å². The molecule has 0 N–H and O–H groups in total. The van der Waals surface area contributed by atoms with Gasteiger partial charge in [-0.1, -0.05) is 162 Å². The van der Waals surface area contributed by atoms with Crippen LogP contribution in [0.15, 0.2) is 122 Å². The van der Waals surface area contributed by atoms with Gasteiger partial charge in [0.2, 0.25) is 0 Å². The average molecular weight is 629 g/mol. The summed E-state index contributed by atoms with van der Waals surface area (Å²) in [6.07, 6.45) is 8.61. The molecule has 0 aliphatic carbocycles. The van der Waals surface area contributed by atoms with Gasteiger partial charge in [-0.3, -0.25) is 0 Å². The number of rotatable bonds is 15. The second kappa shape index (κ2) is 20.0. The Labute approximate surface area is 287 Å². The zero-order valence-corrected chi connectivity index (χ0v) is 29.8. The van der Waals surface area contributed by atoms with E-state index < -0.39 is 0 Å². The van der Waals surface area contributed by atoms with E-state index in [2.05, 4.69) is 159 Å².